The van der Waals surface area contributed by atoms with Crippen molar-refractivity contribution < 1.29 is 4.74 Å². The Morgan fingerprint density at radius 1 is 0.810 bits per heavy atom. The quantitative estimate of drug-likeness (QED) is 0.275. The molecule has 1 radical (unpaired) electrons. The zero-order valence-electron chi connectivity index (χ0n) is 13.6. The normalized spacial score (nSPS) is 10.9. The summed E-state index contributed by atoms with van der Waals surface area (Å²) in [6, 6.07) is 10.3. The van der Waals surface area contributed by atoms with E-state index in [0.717, 1.165) is 6.61 Å². The first kappa shape index (κ1) is 18.6. The van der Waals surface area contributed by atoms with Crippen molar-refractivity contribution in [1.82, 2.24) is 0 Å². The van der Waals surface area contributed by atoms with Crippen LogP contribution < -0.4 is 0 Å². The van der Waals surface area contributed by atoms with Gasteiger partial charge in [0.25, 0.3) is 0 Å². The molecule has 0 spiro atoms. The second-order valence-electron chi connectivity index (χ2n) is 5.58. The monoisotopic (exact) mass is 307 g/mol. The Labute approximate surface area is 135 Å². The van der Waals surface area contributed by atoms with E-state index >= 15 is 0 Å². The molecule has 1 aromatic rings. The van der Waals surface area contributed by atoms with Crippen molar-refractivity contribution >= 4 is 11.8 Å². The van der Waals surface area contributed by atoms with Crippen molar-refractivity contribution in [3.63, 3.8) is 0 Å². The fraction of sp³-hybridized carbons (Fsp3) is 0.632. The van der Waals surface area contributed by atoms with Gasteiger partial charge < -0.3 is 4.74 Å². The van der Waals surface area contributed by atoms with E-state index in [2.05, 4.69) is 31.2 Å². The van der Waals surface area contributed by atoms with Gasteiger partial charge in [-0.25, -0.2) is 0 Å². The van der Waals surface area contributed by atoms with Gasteiger partial charge in [0.2, 0.25) is 0 Å². The molecule has 1 nitrogen and oxygen atoms in total. The average Bonchev–Trinajstić information content (AvgIpc) is 2.53. The van der Waals surface area contributed by atoms with Crippen LogP contribution in [0.4, 0.5) is 0 Å². The molecule has 0 heterocycles. The van der Waals surface area contributed by atoms with Crippen molar-refractivity contribution in [2.75, 3.05) is 6.61 Å². The van der Waals surface area contributed by atoms with E-state index in [1.165, 1.54) is 69.1 Å². The third kappa shape index (κ3) is 11.8. The number of rotatable bonds is 14. The van der Waals surface area contributed by atoms with Gasteiger partial charge in [0.15, 0.2) is 0 Å². The highest BCUT2D eigenvalue weighted by atomic mass is 32.2. The van der Waals surface area contributed by atoms with Crippen molar-refractivity contribution in [3.05, 3.63) is 36.3 Å². The van der Waals surface area contributed by atoms with Crippen LogP contribution in [0.2, 0.25) is 0 Å². The molecule has 0 atom stereocenters. The van der Waals surface area contributed by atoms with Crippen LogP contribution in [0.15, 0.2) is 35.2 Å². The van der Waals surface area contributed by atoms with Gasteiger partial charge in [0.05, 0.1) is 0 Å². The van der Waals surface area contributed by atoms with Gasteiger partial charge in [0, 0.05) is 11.5 Å². The standard InChI is InChI=1S/C19H31OS/c1-2-3-4-5-6-7-8-9-10-14-17-20-18-21-19-15-12-11-13-16-19/h11-13,15-16,18H,2-10,14,17H2,1H3. The topological polar surface area (TPSA) is 9.23 Å². The first-order valence-corrected chi connectivity index (χ1v) is 9.46. The molecule has 119 valence electrons. The smallest absolute Gasteiger partial charge is 0.143 e. The van der Waals surface area contributed by atoms with Crippen LogP contribution in [0.5, 0.6) is 0 Å². The van der Waals surface area contributed by atoms with Gasteiger partial charge in [-0.05, 0) is 18.6 Å². The maximum absolute atomic E-state index is 5.55. The minimum Gasteiger partial charge on any atom is -0.364 e. The molecule has 0 saturated heterocycles. The summed E-state index contributed by atoms with van der Waals surface area (Å²) < 4.78 is 5.55. The second kappa shape index (κ2) is 14.5. The summed E-state index contributed by atoms with van der Waals surface area (Å²) in [5.41, 5.74) is 0. The van der Waals surface area contributed by atoms with Crippen LogP contribution >= 0.6 is 11.8 Å². The Bertz CT molecular complexity index is 313. The Balaban J connectivity index is 1.75. The van der Waals surface area contributed by atoms with Gasteiger partial charge in [-0.2, -0.15) is 0 Å². The third-order valence-electron chi connectivity index (χ3n) is 3.61. The van der Waals surface area contributed by atoms with E-state index in [-0.39, 0.29) is 0 Å². The van der Waals surface area contributed by atoms with E-state index in [0.29, 0.717) is 0 Å². The molecule has 0 N–H and O–H groups in total. The van der Waals surface area contributed by atoms with Gasteiger partial charge in [0.1, 0.15) is 5.94 Å². The van der Waals surface area contributed by atoms with Crippen LogP contribution in [0.25, 0.3) is 0 Å². The van der Waals surface area contributed by atoms with Crippen molar-refractivity contribution in [3.8, 4) is 0 Å². The van der Waals surface area contributed by atoms with Crippen LogP contribution in [-0.2, 0) is 4.74 Å². The summed E-state index contributed by atoms with van der Waals surface area (Å²) in [4.78, 5) is 1.24. The zero-order chi connectivity index (χ0) is 15.0. The molecule has 1 aromatic carbocycles. The van der Waals surface area contributed by atoms with E-state index in [9.17, 15) is 0 Å². The first-order valence-electron chi connectivity index (χ1n) is 8.58. The van der Waals surface area contributed by atoms with Crippen LogP contribution in [0.1, 0.15) is 71.1 Å². The molecular formula is C19H31OS. The van der Waals surface area contributed by atoms with E-state index in [1.807, 2.05) is 12.0 Å². The molecule has 0 aliphatic rings. The minimum atomic E-state index is 0.857. The van der Waals surface area contributed by atoms with Crippen molar-refractivity contribution in [1.29, 1.82) is 0 Å². The summed E-state index contributed by atoms with van der Waals surface area (Å²) in [6.45, 7) is 3.13. The number of unbranched alkanes of at least 4 members (excludes halogenated alkanes) is 9. The lowest BCUT2D eigenvalue weighted by molar-refractivity contribution is 0.222. The fourth-order valence-corrected chi connectivity index (χ4v) is 2.90. The molecule has 0 unspecified atom stereocenters. The third-order valence-corrected chi connectivity index (χ3v) is 4.39. The molecule has 1 rings (SSSR count). The summed E-state index contributed by atoms with van der Waals surface area (Å²) in [6.07, 6.45) is 13.7. The van der Waals surface area contributed by atoms with E-state index in [4.69, 9.17) is 4.74 Å². The lowest BCUT2D eigenvalue weighted by Crippen LogP contribution is -1.90. The van der Waals surface area contributed by atoms with Crippen LogP contribution in [-0.4, -0.2) is 6.61 Å². The lowest BCUT2D eigenvalue weighted by atomic mass is 10.1. The summed E-state index contributed by atoms with van der Waals surface area (Å²) in [5.74, 6) is 1.86. The molecular weight excluding hydrogens is 276 g/mol. The Hall–Kier alpha value is -0.470. The predicted molar refractivity (Wildman–Crippen MR) is 94.4 cm³/mol. The Kier molecular flexibility index (Phi) is 12.8. The fourth-order valence-electron chi connectivity index (χ4n) is 2.31. The lowest BCUT2D eigenvalue weighted by Gasteiger charge is -2.04. The predicted octanol–water partition coefficient (Wildman–Crippen LogP) is 6.84. The largest absolute Gasteiger partial charge is 0.364 e. The minimum absolute atomic E-state index is 0.857. The highest BCUT2D eigenvalue weighted by Gasteiger charge is 1.95. The molecule has 0 saturated carbocycles. The van der Waals surface area contributed by atoms with E-state index < -0.39 is 0 Å². The maximum atomic E-state index is 5.55. The molecule has 0 bridgehead atoms. The van der Waals surface area contributed by atoms with Gasteiger partial charge in [-0.1, -0.05) is 94.7 Å². The number of thioether (sulfide) groups is 1. The zero-order valence-corrected chi connectivity index (χ0v) is 14.4. The average molecular weight is 308 g/mol. The Morgan fingerprint density at radius 2 is 1.38 bits per heavy atom. The number of hydrogen-bond donors (Lipinski definition) is 0. The highest BCUT2D eigenvalue weighted by Crippen LogP contribution is 2.20. The maximum Gasteiger partial charge on any atom is 0.143 e. The van der Waals surface area contributed by atoms with Crippen LogP contribution in [0, 0.1) is 5.94 Å². The summed E-state index contributed by atoms with van der Waals surface area (Å²) in [7, 11) is 0. The second-order valence-corrected chi connectivity index (χ2v) is 6.48. The molecule has 0 amide bonds. The number of benzene rings is 1. The van der Waals surface area contributed by atoms with Gasteiger partial charge in [-0.15, -0.1) is 0 Å². The Morgan fingerprint density at radius 3 is 2.00 bits per heavy atom. The van der Waals surface area contributed by atoms with Gasteiger partial charge >= 0.3 is 0 Å². The van der Waals surface area contributed by atoms with E-state index in [1.54, 1.807) is 11.8 Å². The van der Waals surface area contributed by atoms with Crippen molar-refractivity contribution in [2.45, 2.75) is 76.0 Å². The molecule has 21 heavy (non-hydrogen) atoms. The first-order chi connectivity index (χ1) is 10.4. The number of hydrogen-bond acceptors (Lipinski definition) is 2. The van der Waals surface area contributed by atoms with Crippen LogP contribution in [0.3, 0.4) is 0 Å². The molecule has 0 aliphatic heterocycles. The van der Waals surface area contributed by atoms with Gasteiger partial charge in [-0.3, -0.25) is 0 Å². The molecule has 0 aliphatic carbocycles. The van der Waals surface area contributed by atoms with Crippen molar-refractivity contribution in [2.24, 2.45) is 0 Å². The number of ether oxygens (including phenoxy) is 1. The SMILES string of the molecule is CCCCCCCCCCCCO[CH]Sc1ccccc1. The summed E-state index contributed by atoms with van der Waals surface area (Å²) >= 11 is 1.65. The highest BCUT2D eigenvalue weighted by molar-refractivity contribution is 8.01. The molecule has 0 fully saturated rings. The summed E-state index contributed by atoms with van der Waals surface area (Å²) in [5, 5.41) is 0. The molecule has 2 heteroatoms. The molecule has 0 aromatic heterocycles.